The molecule has 0 amide bonds. The molecule has 0 aromatic heterocycles. The van der Waals surface area contributed by atoms with Gasteiger partial charge in [0.25, 0.3) is 0 Å². The molecule has 0 bridgehead atoms. The Hall–Kier alpha value is -0.530. The molecule has 3 N–H and O–H groups in total. The summed E-state index contributed by atoms with van der Waals surface area (Å²) in [5.41, 5.74) is 5.06. The van der Waals surface area contributed by atoms with Crippen LogP contribution >= 0.6 is 23.2 Å². The summed E-state index contributed by atoms with van der Waals surface area (Å²) in [6.45, 7) is 5.99. The molecule has 0 fully saturated rings. The van der Waals surface area contributed by atoms with Crippen molar-refractivity contribution in [2.45, 2.75) is 31.3 Å². The van der Waals surface area contributed by atoms with E-state index in [4.69, 9.17) is 33.7 Å². The van der Waals surface area contributed by atoms with Crippen LogP contribution in [0.15, 0.2) is 17.0 Å². The monoisotopic (exact) mass is 340 g/mol. The predicted octanol–water partition coefficient (Wildman–Crippen LogP) is 2.67. The number of sulfonamides is 1. The van der Waals surface area contributed by atoms with Crippen molar-refractivity contribution in [3.63, 3.8) is 0 Å². The van der Waals surface area contributed by atoms with Gasteiger partial charge in [-0.2, -0.15) is 0 Å². The number of benzene rings is 1. The van der Waals surface area contributed by atoms with Crippen LogP contribution in [-0.4, -0.2) is 27.2 Å². The molecule has 0 aliphatic rings. The summed E-state index contributed by atoms with van der Waals surface area (Å²) in [7, 11) is -3.84. The molecular formula is C12H18Cl2N2O3S. The summed E-state index contributed by atoms with van der Waals surface area (Å²) < 4.78 is 32.4. The molecule has 5 nitrogen and oxygen atoms in total. The first kappa shape index (κ1) is 17.5. The Morgan fingerprint density at radius 2 is 1.95 bits per heavy atom. The summed E-state index contributed by atoms with van der Waals surface area (Å²) >= 11 is 11.7. The first-order valence-electron chi connectivity index (χ1n) is 5.97. The molecule has 0 atom stereocenters. The third-order valence-electron chi connectivity index (χ3n) is 2.53. The second-order valence-electron chi connectivity index (χ2n) is 4.82. The Labute approximate surface area is 129 Å². The van der Waals surface area contributed by atoms with Gasteiger partial charge in [-0.15, -0.1) is 0 Å². The number of anilines is 1. The standard InChI is InChI=1S/C12H18Cl2N2O3S/c1-4-19-12(2,3)7-16-20(17,18)11-9(14)5-8(13)6-10(11)15/h5-6,16H,4,7,15H2,1-3H3. The van der Waals surface area contributed by atoms with Crippen LogP contribution in [0.1, 0.15) is 20.8 Å². The lowest BCUT2D eigenvalue weighted by atomic mass is 10.1. The smallest absolute Gasteiger partial charge is 0.244 e. The van der Waals surface area contributed by atoms with Crippen molar-refractivity contribution in [1.29, 1.82) is 0 Å². The molecule has 0 spiro atoms. The maximum Gasteiger partial charge on any atom is 0.244 e. The highest BCUT2D eigenvalue weighted by atomic mass is 35.5. The summed E-state index contributed by atoms with van der Waals surface area (Å²) in [5.74, 6) is 0. The fourth-order valence-corrected chi connectivity index (χ4v) is 3.83. The first-order chi connectivity index (χ1) is 9.09. The van der Waals surface area contributed by atoms with Crippen molar-refractivity contribution in [3.05, 3.63) is 22.2 Å². The van der Waals surface area contributed by atoms with Crippen LogP contribution in [0.25, 0.3) is 0 Å². The topological polar surface area (TPSA) is 81.4 Å². The molecule has 0 aliphatic carbocycles. The normalized spacial score (nSPS) is 12.7. The maximum absolute atomic E-state index is 12.3. The molecular weight excluding hydrogens is 323 g/mol. The van der Waals surface area contributed by atoms with Gasteiger partial charge in [0.1, 0.15) is 4.90 Å². The van der Waals surface area contributed by atoms with Gasteiger partial charge in [0.2, 0.25) is 10.0 Å². The average molecular weight is 341 g/mol. The van der Waals surface area contributed by atoms with Gasteiger partial charge in [-0.05, 0) is 32.9 Å². The number of nitrogen functional groups attached to an aromatic ring is 1. The lowest BCUT2D eigenvalue weighted by molar-refractivity contribution is -0.00514. The van der Waals surface area contributed by atoms with Crippen molar-refractivity contribution in [1.82, 2.24) is 4.72 Å². The molecule has 114 valence electrons. The minimum absolute atomic E-state index is 0.00390. The van der Waals surface area contributed by atoms with Gasteiger partial charge in [-0.1, -0.05) is 23.2 Å². The molecule has 0 heterocycles. The molecule has 0 unspecified atom stereocenters. The van der Waals surface area contributed by atoms with Gasteiger partial charge in [0, 0.05) is 18.2 Å². The highest BCUT2D eigenvalue weighted by Gasteiger charge is 2.26. The van der Waals surface area contributed by atoms with Crippen LogP contribution in [-0.2, 0) is 14.8 Å². The molecule has 8 heteroatoms. The van der Waals surface area contributed by atoms with Gasteiger partial charge in [-0.25, -0.2) is 13.1 Å². The van der Waals surface area contributed by atoms with Gasteiger partial charge in [-0.3, -0.25) is 0 Å². The lowest BCUT2D eigenvalue weighted by Crippen LogP contribution is -2.40. The van der Waals surface area contributed by atoms with Crippen molar-refractivity contribution in [2.24, 2.45) is 0 Å². The zero-order valence-corrected chi connectivity index (χ0v) is 13.9. The summed E-state index contributed by atoms with van der Waals surface area (Å²) in [6, 6.07) is 2.68. The van der Waals surface area contributed by atoms with E-state index < -0.39 is 15.6 Å². The van der Waals surface area contributed by atoms with Crippen molar-refractivity contribution in [3.8, 4) is 0 Å². The summed E-state index contributed by atoms with van der Waals surface area (Å²) in [4.78, 5) is -0.170. The highest BCUT2D eigenvalue weighted by molar-refractivity contribution is 7.89. The Bertz CT molecular complexity index is 565. The average Bonchev–Trinajstić information content (AvgIpc) is 2.24. The zero-order valence-electron chi connectivity index (χ0n) is 11.5. The lowest BCUT2D eigenvalue weighted by Gasteiger charge is -2.25. The second kappa shape index (κ2) is 6.49. The predicted molar refractivity (Wildman–Crippen MR) is 81.8 cm³/mol. The van der Waals surface area contributed by atoms with E-state index in [2.05, 4.69) is 4.72 Å². The molecule has 0 aliphatic heterocycles. The van der Waals surface area contributed by atoms with Crippen LogP contribution in [0.5, 0.6) is 0 Å². The number of nitrogens with one attached hydrogen (secondary N) is 1. The Morgan fingerprint density at radius 1 is 1.35 bits per heavy atom. The molecule has 20 heavy (non-hydrogen) atoms. The fraction of sp³-hybridized carbons (Fsp3) is 0.500. The van der Waals surface area contributed by atoms with E-state index in [0.717, 1.165) is 0 Å². The van der Waals surface area contributed by atoms with Gasteiger partial charge < -0.3 is 10.5 Å². The Balaban J connectivity index is 3.01. The van der Waals surface area contributed by atoms with E-state index in [0.29, 0.717) is 6.61 Å². The van der Waals surface area contributed by atoms with Crippen LogP contribution in [0.3, 0.4) is 0 Å². The second-order valence-corrected chi connectivity index (χ2v) is 7.37. The third kappa shape index (κ3) is 4.49. The van der Waals surface area contributed by atoms with Gasteiger partial charge in [0.15, 0.2) is 0 Å². The molecule has 1 aromatic rings. The van der Waals surface area contributed by atoms with Gasteiger partial charge in [0.05, 0.1) is 16.3 Å². The van der Waals surface area contributed by atoms with Gasteiger partial charge >= 0.3 is 0 Å². The minimum atomic E-state index is -3.84. The van der Waals surface area contributed by atoms with E-state index in [1.54, 1.807) is 13.8 Å². The van der Waals surface area contributed by atoms with E-state index in [1.807, 2.05) is 6.92 Å². The summed E-state index contributed by atoms with van der Waals surface area (Å²) in [6.07, 6.45) is 0. The number of hydrogen-bond donors (Lipinski definition) is 2. The van der Waals surface area contributed by atoms with Crippen LogP contribution < -0.4 is 10.5 Å². The van der Waals surface area contributed by atoms with Crippen molar-refractivity contribution in [2.75, 3.05) is 18.9 Å². The number of halogens is 2. The molecule has 1 aromatic carbocycles. The van der Waals surface area contributed by atoms with Crippen LogP contribution in [0.2, 0.25) is 10.0 Å². The Morgan fingerprint density at radius 3 is 2.45 bits per heavy atom. The number of hydrogen-bond acceptors (Lipinski definition) is 4. The van der Waals surface area contributed by atoms with Crippen molar-refractivity contribution < 1.29 is 13.2 Å². The molecule has 1 rings (SSSR count). The van der Waals surface area contributed by atoms with Crippen molar-refractivity contribution >= 4 is 38.9 Å². The number of ether oxygens (including phenoxy) is 1. The quantitative estimate of drug-likeness (QED) is 0.780. The third-order valence-corrected chi connectivity index (χ3v) is 4.67. The first-order valence-corrected chi connectivity index (χ1v) is 8.21. The van der Waals surface area contributed by atoms with E-state index in [1.165, 1.54) is 12.1 Å². The van der Waals surface area contributed by atoms with Crippen LogP contribution in [0, 0.1) is 0 Å². The fourth-order valence-electron chi connectivity index (χ4n) is 1.65. The van der Waals surface area contributed by atoms with E-state index >= 15 is 0 Å². The number of nitrogens with two attached hydrogens (primary N) is 1. The Kier molecular flexibility index (Phi) is 5.69. The van der Waals surface area contributed by atoms with E-state index in [9.17, 15) is 8.42 Å². The SMILES string of the molecule is CCOC(C)(C)CNS(=O)(=O)c1c(N)cc(Cl)cc1Cl. The molecule has 0 radical (unpaired) electrons. The maximum atomic E-state index is 12.3. The van der Waals surface area contributed by atoms with Crippen LogP contribution in [0.4, 0.5) is 5.69 Å². The molecule has 0 saturated heterocycles. The summed E-state index contributed by atoms with van der Waals surface area (Å²) in [5, 5.41) is 0.262. The van der Waals surface area contributed by atoms with E-state index in [-0.39, 0.29) is 27.2 Å². The zero-order chi connectivity index (χ0) is 15.6. The number of rotatable bonds is 6. The molecule has 0 saturated carbocycles. The highest BCUT2D eigenvalue weighted by Crippen LogP contribution is 2.31. The minimum Gasteiger partial charge on any atom is -0.398 e. The largest absolute Gasteiger partial charge is 0.398 e.